The van der Waals surface area contributed by atoms with Crippen LogP contribution >= 0.6 is 0 Å². The van der Waals surface area contributed by atoms with Crippen LogP contribution in [0.1, 0.15) is 19.4 Å². The van der Waals surface area contributed by atoms with Gasteiger partial charge >= 0.3 is 0 Å². The zero-order chi connectivity index (χ0) is 17.2. The second kappa shape index (κ2) is 6.73. The van der Waals surface area contributed by atoms with Crippen molar-refractivity contribution >= 4 is 0 Å². The van der Waals surface area contributed by atoms with Crippen LogP contribution in [0.3, 0.4) is 0 Å². The SMILES string of the molecule is CCN(CC)Cc1cccc2c1-c1ccccc1Oc1ccccc1-2. The predicted octanol–water partition coefficient (Wildman–Crippen LogP) is 5.97. The fourth-order valence-corrected chi connectivity index (χ4v) is 3.62. The standard InChI is InChI=1S/C23H23NO/c1-3-24(4-2)16-17-10-9-13-19-18-11-5-7-14-21(18)25-22-15-8-6-12-20(22)23(17)19/h5-15H,3-4,16H2,1-2H3. The number of benzene rings is 3. The minimum absolute atomic E-state index is 0.925. The Bertz CT molecular complexity index is 896. The lowest BCUT2D eigenvalue weighted by atomic mass is 9.90. The Morgan fingerprint density at radius 2 is 1.28 bits per heavy atom. The molecule has 3 aromatic carbocycles. The molecule has 0 unspecified atom stereocenters. The van der Waals surface area contributed by atoms with E-state index in [1.165, 1.54) is 22.3 Å². The van der Waals surface area contributed by atoms with Crippen LogP contribution in [0.2, 0.25) is 0 Å². The van der Waals surface area contributed by atoms with Crippen LogP contribution in [0.4, 0.5) is 0 Å². The van der Waals surface area contributed by atoms with Gasteiger partial charge in [-0.05, 0) is 41.9 Å². The van der Waals surface area contributed by atoms with Crippen molar-refractivity contribution in [2.75, 3.05) is 13.1 Å². The Labute approximate surface area is 149 Å². The van der Waals surface area contributed by atoms with Gasteiger partial charge in [0, 0.05) is 17.7 Å². The second-order valence-electron chi connectivity index (χ2n) is 6.40. The fourth-order valence-electron chi connectivity index (χ4n) is 3.62. The van der Waals surface area contributed by atoms with Gasteiger partial charge in [-0.25, -0.2) is 0 Å². The molecule has 0 saturated heterocycles. The third-order valence-electron chi connectivity index (χ3n) is 4.99. The van der Waals surface area contributed by atoms with Crippen LogP contribution in [-0.4, -0.2) is 18.0 Å². The molecular weight excluding hydrogens is 306 g/mol. The van der Waals surface area contributed by atoms with Gasteiger partial charge in [0.25, 0.3) is 0 Å². The van der Waals surface area contributed by atoms with Crippen molar-refractivity contribution < 1.29 is 4.74 Å². The topological polar surface area (TPSA) is 12.5 Å². The number of hydrogen-bond acceptors (Lipinski definition) is 2. The molecule has 1 aliphatic rings. The van der Waals surface area contributed by atoms with E-state index in [1.807, 2.05) is 12.1 Å². The molecule has 25 heavy (non-hydrogen) atoms. The lowest BCUT2D eigenvalue weighted by Crippen LogP contribution is -2.22. The van der Waals surface area contributed by atoms with E-state index in [0.29, 0.717) is 0 Å². The van der Waals surface area contributed by atoms with Gasteiger partial charge in [-0.2, -0.15) is 0 Å². The van der Waals surface area contributed by atoms with Crippen molar-refractivity contribution in [1.29, 1.82) is 0 Å². The van der Waals surface area contributed by atoms with E-state index in [1.54, 1.807) is 0 Å². The molecule has 0 saturated carbocycles. The molecule has 0 radical (unpaired) electrons. The highest BCUT2D eigenvalue weighted by molar-refractivity contribution is 5.92. The van der Waals surface area contributed by atoms with Crippen LogP contribution in [0.5, 0.6) is 11.5 Å². The predicted molar refractivity (Wildman–Crippen MR) is 104 cm³/mol. The molecule has 4 rings (SSSR count). The van der Waals surface area contributed by atoms with Crippen LogP contribution in [0.15, 0.2) is 66.7 Å². The average Bonchev–Trinajstić information content (AvgIpc) is 2.81. The number of nitrogens with zero attached hydrogens (tertiary/aromatic N) is 1. The van der Waals surface area contributed by atoms with Gasteiger partial charge < -0.3 is 4.74 Å². The molecule has 0 N–H and O–H groups in total. The summed E-state index contributed by atoms with van der Waals surface area (Å²) in [6, 6.07) is 23.3. The number of ether oxygens (including phenoxy) is 1. The van der Waals surface area contributed by atoms with Gasteiger partial charge in [-0.1, -0.05) is 68.4 Å². The summed E-state index contributed by atoms with van der Waals surface area (Å²) in [6.45, 7) is 7.49. The van der Waals surface area contributed by atoms with E-state index >= 15 is 0 Å². The first-order chi connectivity index (χ1) is 12.3. The minimum Gasteiger partial charge on any atom is -0.456 e. The molecule has 0 bridgehead atoms. The summed E-state index contributed by atoms with van der Waals surface area (Å²) in [7, 11) is 0. The Morgan fingerprint density at radius 3 is 2.00 bits per heavy atom. The van der Waals surface area contributed by atoms with E-state index in [2.05, 4.69) is 73.3 Å². The summed E-state index contributed by atoms with van der Waals surface area (Å²) in [4.78, 5) is 2.45. The average molecular weight is 329 g/mol. The summed E-state index contributed by atoms with van der Waals surface area (Å²) in [5, 5.41) is 0. The van der Waals surface area contributed by atoms with Crippen LogP contribution in [-0.2, 0) is 6.54 Å². The highest BCUT2D eigenvalue weighted by Gasteiger charge is 2.22. The zero-order valence-electron chi connectivity index (χ0n) is 14.8. The van der Waals surface area contributed by atoms with Crippen LogP contribution in [0, 0.1) is 0 Å². The number of hydrogen-bond donors (Lipinski definition) is 0. The third kappa shape index (κ3) is 2.83. The molecule has 1 aliphatic heterocycles. The first kappa shape index (κ1) is 15.9. The summed E-state index contributed by atoms with van der Waals surface area (Å²) in [5.74, 6) is 1.86. The normalized spacial score (nSPS) is 12.0. The molecule has 0 aliphatic carbocycles. The van der Waals surface area contributed by atoms with Crippen molar-refractivity contribution in [2.45, 2.75) is 20.4 Å². The Hall–Kier alpha value is -2.58. The number of fused-ring (bicyclic) bond motifs is 5. The van der Waals surface area contributed by atoms with E-state index < -0.39 is 0 Å². The summed E-state index contributed by atoms with van der Waals surface area (Å²) < 4.78 is 6.28. The minimum atomic E-state index is 0.925. The zero-order valence-corrected chi connectivity index (χ0v) is 14.8. The molecule has 1 heterocycles. The molecule has 0 amide bonds. The van der Waals surface area contributed by atoms with Gasteiger partial charge in [-0.15, -0.1) is 0 Å². The van der Waals surface area contributed by atoms with Crippen molar-refractivity contribution in [3.8, 4) is 33.8 Å². The van der Waals surface area contributed by atoms with Crippen LogP contribution in [0.25, 0.3) is 22.3 Å². The van der Waals surface area contributed by atoms with Crippen molar-refractivity contribution in [3.63, 3.8) is 0 Å². The van der Waals surface area contributed by atoms with Crippen LogP contribution < -0.4 is 4.74 Å². The highest BCUT2D eigenvalue weighted by Crippen LogP contribution is 2.47. The smallest absolute Gasteiger partial charge is 0.135 e. The number of para-hydroxylation sites is 2. The molecule has 0 fully saturated rings. The molecule has 3 aromatic rings. The van der Waals surface area contributed by atoms with Gasteiger partial charge in [0.15, 0.2) is 0 Å². The van der Waals surface area contributed by atoms with Crippen molar-refractivity contribution in [2.24, 2.45) is 0 Å². The second-order valence-corrected chi connectivity index (χ2v) is 6.40. The molecule has 0 atom stereocenters. The first-order valence-corrected chi connectivity index (χ1v) is 9.02. The van der Waals surface area contributed by atoms with Gasteiger partial charge in [0.05, 0.1) is 0 Å². The fraction of sp³-hybridized carbons (Fsp3) is 0.217. The van der Waals surface area contributed by atoms with E-state index in [-0.39, 0.29) is 0 Å². The molecule has 0 aromatic heterocycles. The quantitative estimate of drug-likeness (QED) is 0.457. The van der Waals surface area contributed by atoms with Crippen molar-refractivity contribution in [3.05, 3.63) is 72.3 Å². The molecule has 0 spiro atoms. The molecule has 2 nitrogen and oxygen atoms in total. The molecule has 126 valence electrons. The third-order valence-corrected chi connectivity index (χ3v) is 4.99. The first-order valence-electron chi connectivity index (χ1n) is 9.02. The summed E-state index contributed by atoms with van der Waals surface area (Å²) in [5.41, 5.74) is 6.25. The Morgan fingerprint density at radius 1 is 0.680 bits per heavy atom. The van der Waals surface area contributed by atoms with Gasteiger partial charge in [0.1, 0.15) is 11.5 Å². The maximum absolute atomic E-state index is 6.28. The van der Waals surface area contributed by atoms with E-state index in [4.69, 9.17) is 4.74 Å². The van der Waals surface area contributed by atoms with Gasteiger partial charge in [0.2, 0.25) is 0 Å². The molecule has 2 heteroatoms. The maximum atomic E-state index is 6.28. The largest absolute Gasteiger partial charge is 0.456 e. The monoisotopic (exact) mass is 329 g/mol. The maximum Gasteiger partial charge on any atom is 0.135 e. The van der Waals surface area contributed by atoms with E-state index in [9.17, 15) is 0 Å². The van der Waals surface area contributed by atoms with Gasteiger partial charge in [-0.3, -0.25) is 4.90 Å². The summed E-state index contributed by atoms with van der Waals surface area (Å²) >= 11 is 0. The number of rotatable bonds is 4. The van der Waals surface area contributed by atoms with E-state index in [0.717, 1.165) is 36.7 Å². The molecular formula is C23H23NO. The Balaban J connectivity index is 1.98. The Kier molecular flexibility index (Phi) is 4.29. The highest BCUT2D eigenvalue weighted by atomic mass is 16.5. The van der Waals surface area contributed by atoms with Crippen molar-refractivity contribution in [1.82, 2.24) is 4.90 Å². The lowest BCUT2D eigenvalue weighted by molar-refractivity contribution is 0.296. The summed E-state index contributed by atoms with van der Waals surface area (Å²) in [6.07, 6.45) is 0. The lowest BCUT2D eigenvalue weighted by Gasteiger charge is -2.21.